The van der Waals surface area contributed by atoms with Crippen LogP contribution in [0.5, 0.6) is 0 Å². The summed E-state index contributed by atoms with van der Waals surface area (Å²) in [4.78, 5) is 17.8. The lowest BCUT2D eigenvalue weighted by molar-refractivity contribution is 0.0557. The number of likely N-dealkylation sites (N-methyl/N-ethyl adjacent to an activating group) is 1. The molecule has 2 rings (SSSR count). The Hall–Kier alpha value is -1.69. The van der Waals surface area contributed by atoms with E-state index in [1.165, 1.54) is 0 Å². The standard InChI is InChI=1S/C13H19FN4O/c1-18(2)13(4-3-5-13)8-17-12(19)10-6-9(14)7-16-11(10)15/h6-7H,3-5,8H2,1-2H3,(H2,15,16)(H,17,19). The number of anilines is 1. The van der Waals surface area contributed by atoms with Crippen LogP contribution in [0.3, 0.4) is 0 Å². The number of carbonyl (C=O) groups excluding carboxylic acids is 1. The number of rotatable bonds is 4. The Bertz CT molecular complexity index is 486. The lowest BCUT2D eigenvalue weighted by atomic mass is 9.75. The Morgan fingerprint density at radius 2 is 2.26 bits per heavy atom. The number of halogens is 1. The van der Waals surface area contributed by atoms with Crippen molar-refractivity contribution < 1.29 is 9.18 Å². The maximum atomic E-state index is 13.1. The Balaban J connectivity index is 2.03. The van der Waals surface area contributed by atoms with Crippen LogP contribution in [0, 0.1) is 5.82 Å². The molecule has 0 aromatic carbocycles. The lowest BCUT2D eigenvalue weighted by Gasteiger charge is -2.47. The molecule has 0 aliphatic heterocycles. The number of nitrogens with zero attached hydrogens (tertiary/aromatic N) is 2. The first kappa shape index (κ1) is 13.7. The largest absolute Gasteiger partial charge is 0.383 e. The number of nitrogens with one attached hydrogen (secondary N) is 1. The number of hydrogen-bond donors (Lipinski definition) is 2. The van der Waals surface area contributed by atoms with Crippen molar-refractivity contribution >= 4 is 11.7 Å². The van der Waals surface area contributed by atoms with Gasteiger partial charge in [-0.2, -0.15) is 0 Å². The third-order valence-corrected chi connectivity index (χ3v) is 3.94. The molecule has 1 aliphatic rings. The van der Waals surface area contributed by atoms with Gasteiger partial charge in [-0.1, -0.05) is 0 Å². The highest BCUT2D eigenvalue weighted by Crippen LogP contribution is 2.35. The highest BCUT2D eigenvalue weighted by atomic mass is 19.1. The zero-order chi connectivity index (χ0) is 14.0. The molecule has 3 N–H and O–H groups in total. The average molecular weight is 266 g/mol. The fraction of sp³-hybridized carbons (Fsp3) is 0.538. The molecule has 104 valence electrons. The summed E-state index contributed by atoms with van der Waals surface area (Å²) in [6, 6.07) is 1.11. The van der Waals surface area contributed by atoms with Gasteiger partial charge in [-0.05, 0) is 39.4 Å². The summed E-state index contributed by atoms with van der Waals surface area (Å²) in [5, 5.41) is 2.82. The Morgan fingerprint density at radius 1 is 1.58 bits per heavy atom. The molecule has 1 aromatic rings. The number of hydrogen-bond acceptors (Lipinski definition) is 4. The predicted octanol–water partition coefficient (Wildman–Crippen LogP) is 1.02. The molecule has 6 heteroatoms. The van der Waals surface area contributed by atoms with Gasteiger partial charge in [-0.3, -0.25) is 4.79 Å². The van der Waals surface area contributed by atoms with Crippen molar-refractivity contribution in [3.63, 3.8) is 0 Å². The second-order valence-corrected chi connectivity index (χ2v) is 5.24. The second-order valence-electron chi connectivity index (χ2n) is 5.24. The maximum absolute atomic E-state index is 13.1. The van der Waals surface area contributed by atoms with E-state index in [9.17, 15) is 9.18 Å². The molecule has 1 amide bonds. The van der Waals surface area contributed by atoms with E-state index in [1.807, 2.05) is 14.1 Å². The van der Waals surface area contributed by atoms with Crippen LogP contribution in [0.2, 0.25) is 0 Å². The number of aromatic nitrogens is 1. The van der Waals surface area contributed by atoms with E-state index < -0.39 is 5.82 Å². The van der Waals surface area contributed by atoms with Crippen molar-refractivity contribution in [3.8, 4) is 0 Å². The van der Waals surface area contributed by atoms with Gasteiger partial charge in [-0.15, -0.1) is 0 Å². The molecule has 0 spiro atoms. The van der Waals surface area contributed by atoms with Crippen molar-refractivity contribution in [1.29, 1.82) is 0 Å². The molecule has 0 saturated heterocycles. The van der Waals surface area contributed by atoms with E-state index in [1.54, 1.807) is 0 Å². The number of nitrogen functional groups attached to an aromatic ring is 1. The Morgan fingerprint density at radius 3 is 2.79 bits per heavy atom. The van der Waals surface area contributed by atoms with E-state index in [0.717, 1.165) is 31.5 Å². The molecule has 1 aliphatic carbocycles. The molecule has 0 bridgehead atoms. The van der Waals surface area contributed by atoms with Gasteiger partial charge in [0.1, 0.15) is 11.6 Å². The van der Waals surface area contributed by atoms with Gasteiger partial charge >= 0.3 is 0 Å². The van der Waals surface area contributed by atoms with E-state index >= 15 is 0 Å². The average Bonchev–Trinajstić information content (AvgIpc) is 2.30. The lowest BCUT2D eigenvalue weighted by Crippen LogP contribution is -2.57. The third kappa shape index (κ3) is 2.68. The van der Waals surface area contributed by atoms with Crippen molar-refractivity contribution in [2.45, 2.75) is 24.8 Å². The fourth-order valence-electron chi connectivity index (χ4n) is 2.34. The molecule has 1 aromatic heterocycles. The maximum Gasteiger partial charge on any atom is 0.255 e. The molecule has 1 saturated carbocycles. The first-order valence-corrected chi connectivity index (χ1v) is 6.31. The highest BCUT2D eigenvalue weighted by Gasteiger charge is 2.39. The normalized spacial score (nSPS) is 17.1. The zero-order valence-corrected chi connectivity index (χ0v) is 11.2. The number of pyridine rings is 1. The van der Waals surface area contributed by atoms with Crippen LogP contribution in [0.4, 0.5) is 10.2 Å². The van der Waals surface area contributed by atoms with Crippen molar-refractivity contribution in [3.05, 3.63) is 23.6 Å². The molecule has 1 heterocycles. The first-order chi connectivity index (χ1) is 8.94. The predicted molar refractivity (Wildman–Crippen MR) is 71.2 cm³/mol. The monoisotopic (exact) mass is 266 g/mol. The summed E-state index contributed by atoms with van der Waals surface area (Å²) in [7, 11) is 4.01. The van der Waals surface area contributed by atoms with Crippen LogP contribution in [0.25, 0.3) is 0 Å². The van der Waals surface area contributed by atoms with Gasteiger partial charge < -0.3 is 16.0 Å². The number of amides is 1. The molecule has 5 nitrogen and oxygen atoms in total. The SMILES string of the molecule is CN(C)C1(CNC(=O)c2cc(F)cnc2N)CCC1. The minimum atomic E-state index is -0.565. The highest BCUT2D eigenvalue weighted by molar-refractivity contribution is 5.98. The third-order valence-electron chi connectivity index (χ3n) is 3.94. The summed E-state index contributed by atoms with van der Waals surface area (Å²) < 4.78 is 13.1. The summed E-state index contributed by atoms with van der Waals surface area (Å²) in [5.74, 6) is -0.894. The van der Waals surface area contributed by atoms with E-state index in [0.29, 0.717) is 6.54 Å². The van der Waals surface area contributed by atoms with Crippen molar-refractivity contribution in [2.75, 3.05) is 26.4 Å². The summed E-state index contributed by atoms with van der Waals surface area (Å²) >= 11 is 0. The van der Waals surface area contributed by atoms with E-state index in [2.05, 4.69) is 15.2 Å². The molecule has 0 atom stereocenters. The van der Waals surface area contributed by atoms with Crippen LogP contribution in [-0.4, -0.2) is 42.0 Å². The zero-order valence-electron chi connectivity index (χ0n) is 11.2. The molecular formula is C13H19FN4O. The van der Waals surface area contributed by atoms with Gasteiger partial charge in [0.15, 0.2) is 0 Å². The molecule has 1 fully saturated rings. The second kappa shape index (κ2) is 5.13. The quantitative estimate of drug-likeness (QED) is 0.853. The number of nitrogens with two attached hydrogens (primary N) is 1. The van der Waals surface area contributed by atoms with Gasteiger partial charge in [0.2, 0.25) is 0 Å². The van der Waals surface area contributed by atoms with Crippen LogP contribution < -0.4 is 11.1 Å². The van der Waals surface area contributed by atoms with Gasteiger partial charge in [0.25, 0.3) is 5.91 Å². The van der Waals surface area contributed by atoms with Crippen molar-refractivity contribution in [1.82, 2.24) is 15.2 Å². The molecule has 0 unspecified atom stereocenters. The topological polar surface area (TPSA) is 71.2 Å². The van der Waals surface area contributed by atoms with Gasteiger partial charge in [-0.25, -0.2) is 9.37 Å². The Kier molecular flexibility index (Phi) is 3.71. The van der Waals surface area contributed by atoms with E-state index in [-0.39, 0.29) is 22.8 Å². The van der Waals surface area contributed by atoms with Gasteiger partial charge in [0.05, 0.1) is 11.8 Å². The fourth-order valence-corrected chi connectivity index (χ4v) is 2.34. The van der Waals surface area contributed by atoms with Crippen LogP contribution in [0.15, 0.2) is 12.3 Å². The van der Waals surface area contributed by atoms with Crippen molar-refractivity contribution in [2.24, 2.45) is 0 Å². The van der Waals surface area contributed by atoms with Crippen LogP contribution in [-0.2, 0) is 0 Å². The van der Waals surface area contributed by atoms with Crippen LogP contribution in [0.1, 0.15) is 29.6 Å². The number of carbonyl (C=O) groups is 1. The van der Waals surface area contributed by atoms with Crippen LogP contribution >= 0.6 is 0 Å². The Labute approximate surface area is 112 Å². The minimum absolute atomic E-state index is 0.0190. The van der Waals surface area contributed by atoms with E-state index in [4.69, 9.17) is 5.73 Å². The molecule has 19 heavy (non-hydrogen) atoms. The minimum Gasteiger partial charge on any atom is -0.383 e. The smallest absolute Gasteiger partial charge is 0.255 e. The first-order valence-electron chi connectivity index (χ1n) is 6.31. The summed E-state index contributed by atoms with van der Waals surface area (Å²) in [6.07, 6.45) is 4.27. The van der Waals surface area contributed by atoms with Gasteiger partial charge in [0, 0.05) is 12.1 Å². The summed E-state index contributed by atoms with van der Waals surface area (Å²) in [5.41, 5.74) is 5.70. The summed E-state index contributed by atoms with van der Waals surface area (Å²) in [6.45, 7) is 0.536. The molecule has 0 radical (unpaired) electrons. The molecular weight excluding hydrogens is 247 g/mol.